The van der Waals surface area contributed by atoms with Crippen molar-refractivity contribution in [1.82, 2.24) is 4.98 Å². The summed E-state index contributed by atoms with van der Waals surface area (Å²) in [5.74, 6) is 0.503. The maximum atomic E-state index is 12.7. The molecule has 2 N–H and O–H groups in total. The van der Waals surface area contributed by atoms with Crippen LogP contribution in [0.2, 0.25) is 0 Å². The molecule has 20 heavy (non-hydrogen) atoms. The molecular formula is C17H18N2O. The number of benzene rings is 1. The van der Waals surface area contributed by atoms with Gasteiger partial charge in [0.05, 0.1) is 5.56 Å². The average molecular weight is 266 g/mol. The summed E-state index contributed by atoms with van der Waals surface area (Å²) in [7, 11) is 0. The van der Waals surface area contributed by atoms with Crippen molar-refractivity contribution in [3.63, 3.8) is 0 Å². The van der Waals surface area contributed by atoms with Gasteiger partial charge in [0.1, 0.15) is 5.82 Å². The van der Waals surface area contributed by atoms with E-state index in [9.17, 15) is 4.79 Å². The number of carbonyl (C=O) groups is 1. The van der Waals surface area contributed by atoms with Crippen LogP contribution in [0.5, 0.6) is 0 Å². The van der Waals surface area contributed by atoms with E-state index in [4.69, 9.17) is 5.73 Å². The van der Waals surface area contributed by atoms with E-state index in [-0.39, 0.29) is 11.7 Å². The number of rotatable bonds is 2. The van der Waals surface area contributed by atoms with Crippen LogP contribution in [0.15, 0.2) is 36.5 Å². The van der Waals surface area contributed by atoms with Crippen LogP contribution in [-0.2, 0) is 12.8 Å². The first-order chi connectivity index (χ1) is 9.65. The van der Waals surface area contributed by atoms with E-state index in [0.29, 0.717) is 11.4 Å². The van der Waals surface area contributed by atoms with Crippen LogP contribution < -0.4 is 5.73 Å². The van der Waals surface area contributed by atoms with E-state index < -0.39 is 0 Å². The van der Waals surface area contributed by atoms with Crippen molar-refractivity contribution in [2.75, 3.05) is 5.73 Å². The fourth-order valence-electron chi connectivity index (χ4n) is 2.92. The third-order valence-corrected chi connectivity index (χ3v) is 4.04. The topological polar surface area (TPSA) is 56.0 Å². The number of hydrogen-bond acceptors (Lipinski definition) is 3. The predicted octanol–water partition coefficient (Wildman–Crippen LogP) is 2.96. The minimum Gasteiger partial charge on any atom is -0.383 e. The summed E-state index contributed by atoms with van der Waals surface area (Å²) >= 11 is 0. The van der Waals surface area contributed by atoms with E-state index in [1.54, 1.807) is 6.20 Å². The predicted molar refractivity (Wildman–Crippen MR) is 79.7 cm³/mol. The quantitative estimate of drug-likeness (QED) is 0.850. The Hall–Kier alpha value is -2.16. The van der Waals surface area contributed by atoms with E-state index in [1.165, 1.54) is 11.1 Å². The lowest BCUT2D eigenvalue weighted by Gasteiger charge is -2.23. The number of fused-ring (bicyclic) bond motifs is 1. The molecule has 0 fully saturated rings. The third kappa shape index (κ3) is 2.31. The number of pyridine rings is 1. The lowest BCUT2D eigenvalue weighted by Crippen LogP contribution is -2.24. The number of nitrogens with two attached hydrogens (primary N) is 1. The van der Waals surface area contributed by atoms with Gasteiger partial charge in [-0.15, -0.1) is 0 Å². The fourth-order valence-corrected chi connectivity index (χ4v) is 2.92. The molecule has 0 radical (unpaired) electrons. The number of Topliss-reactive ketones (excluding diaryl/α,β-unsaturated/α-hetero) is 1. The number of carbonyl (C=O) groups excluding carboxylic acids is 1. The zero-order chi connectivity index (χ0) is 14.1. The van der Waals surface area contributed by atoms with Crippen LogP contribution in [0.4, 0.5) is 5.82 Å². The standard InChI is InChI=1S/C17H18N2O/c1-11-8-15(17(18)19-10-11)16(20)14-7-6-12-4-2-3-5-13(12)9-14/h2-5,8,10,14H,6-7,9H2,1H3,(H2,18,19). The van der Waals surface area contributed by atoms with Crippen molar-refractivity contribution in [3.05, 3.63) is 58.8 Å². The Labute approximate surface area is 118 Å². The largest absolute Gasteiger partial charge is 0.383 e. The van der Waals surface area contributed by atoms with Crippen molar-refractivity contribution < 1.29 is 4.79 Å². The van der Waals surface area contributed by atoms with Crippen molar-refractivity contribution in [1.29, 1.82) is 0 Å². The highest BCUT2D eigenvalue weighted by atomic mass is 16.1. The molecule has 1 aromatic heterocycles. The lowest BCUT2D eigenvalue weighted by molar-refractivity contribution is 0.0909. The highest BCUT2D eigenvalue weighted by Crippen LogP contribution is 2.29. The highest BCUT2D eigenvalue weighted by Gasteiger charge is 2.26. The Balaban J connectivity index is 1.88. The van der Waals surface area contributed by atoms with E-state index in [2.05, 4.69) is 23.2 Å². The Morgan fingerprint density at radius 2 is 2.05 bits per heavy atom. The molecule has 1 heterocycles. The second-order valence-electron chi connectivity index (χ2n) is 5.52. The van der Waals surface area contributed by atoms with Crippen LogP contribution in [0.1, 0.15) is 33.5 Å². The molecule has 1 unspecified atom stereocenters. The molecule has 0 bridgehead atoms. The number of ketones is 1. The Morgan fingerprint density at radius 1 is 1.30 bits per heavy atom. The van der Waals surface area contributed by atoms with Gasteiger partial charge in [-0.3, -0.25) is 4.79 Å². The van der Waals surface area contributed by atoms with Gasteiger partial charge in [0, 0.05) is 12.1 Å². The monoisotopic (exact) mass is 266 g/mol. The summed E-state index contributed by atoms with van der Waals surface area (Å²) < 4.78 is 0. The molecule has 1 aromatic carbocycles. The summed E-state index contributed by atoms with van der Waals surface area (Å²) in [4.78, 5) is 16.8. The summed E-state index contributed by atoms with van der Waals surface area (Å²) in [5, 5.41) is 0. The Bertz CT molecular complexity index is 664. The molecule has 2 aromatic rings. The average Bonchev–Trinajstić information content (AvgIpc) is 2.48. The van der Waals surface area contributed by atoms with Gasteiger partial charge in [-0.2, -0.15) is 0 Å². The Kier molecular flexibility index (Phi) is 3.26. The maximum absolute atomic E-state index is 12.7. The smallest absolute Gasteiger partial charge is 0.169 e. The number of aromatic nitrogens is 1. The Morgan fingerprint density at radius 3 is 2.85 bits per heavy atom. The molecule has 0 spiro atoms. The molecule has 1 atom stereocenters. The molecular weight excluding hydrogens is 248 g/mol. The van der Waals surface area contributed by atoms with Crippen molar-refractivity contribution >= 4 is 11.6 Å². The normalized spacial score (nSPS) is 17.6. The highest BCUT2D eigenvalue weighted by molar-refractivity contribution is 6.01. The van der Waals surface area contributed by atoms with Gasteiger partial charge in [-0.05, 0) is 48.9 Å². The van der Waals surface area contributed by atoms with Gasteiger partial charge >= 0.3 is 0 Å². The number of nitrogens with zero attached hydrogens (tertiary/aromatic N) is 1. The van der Waals surface area contributed by atoms with Crippen molar-refractivity contribution in [2.45, 2.75) is 26.2 Å². The van der Waals surface area contributed by atoms with Crippen LogP contribution in [0, 0.1) is 12.8 Å². The summed E-state index contributed by atoms with van der Waals surface area (Å²) in [6.07, 6.45) is 4.36. The summed E-state index contributed by atoms with van der Waals surface area (Å²) in [6.45, 7) is 1.93. The molecule has 0 saturated carbocycles. The number of hydrogen-bond donors (Lipinski definition) is 1. The molecule has 1 aliphatic carbocycles. The van der Waals surface area contributed by atoms with Gasteiger partial charge in [0.15, 0.2) is 5.78 Å². The van der Waals surface area contributed by atoms with Gasteiger partial charge in [0.2, 0.25) is 0 Å². The molecule has 0 aliphatic heterocycles. The second kappa shape index (κ2) is 5.08. The first kappa shape index (κ1) is 12.9. The first-order valence-electron chi connectivity index (χ1n) is 6.98. The summed E-state index contributed by atoms with van der Waals surface area (Å²) in [6, 6.07) is 10.2. The van der Waals surface area contributed by atoms with Crippen LogP contribution in [0.25, 0.3) is 0 Å². The molecule has 1 aliphatic rings. The molecule has 3 rings (SSSR count). The first-order valence-corrected chi connectivity index (χ1v) is 6.98. The SMILES string of the molecule is Cc1cnc(N)c(C(=O)C2CCc3ccccc3C2)c1. The van der Waals surface area contributed by atoms with Crippen molar-refractivity contribution in [2.24, 2.45) is 5.92 Å². The molecule has 0 amide bonds. The van der Waals surface area contributed by atoms with Crippen LogP contribution >= 0.6 is 0 Å². The molecule has 3 heteroatoms. The molecule has 102 valence electrons. The minimum atomic E-state index is 0.0239. The lowest BCUT2D eigenvalue weighted by atomic mass is 9.80. The van der Waals surface area contributed by atoms with E-state index in [0.717, 1.165) is 24.8 Å². The number of anilines is 1. The maximum Gasteiger partial charge on any atom is 0.169 e. The van der Waals surface area contributed by atoms with E-state index >= 15 is 0 Å². The van der Waals surface area contributed by atoms with Crippen molar-refractivity contribution in [3.8, 4) is 0 Å². The van der Waals surface area contributed by atoms with Crippen LogP contribution in [0.3, 0.4) is 0 Å². The minimum absolute atomic E-state index is 0.0239. The van der Waals surface area contributed by atoms with Gasteiger partial charge in [-0.1, -0.05) is 24.3 Å². The van der Waals surface area contributed by atoms with Gasteiger partial charge in [0.25, 0.3) is 0 Å². The zero-order valence-electron chi connectivity index (χ0n) is 11.6. The molecule has 0 saturated heterocycles. The zero-order valence-corrected chi connectivity index (χ0v) is 11.6. The number of nitrogen functional groups attached to an aromatic ring is 1. The summed E-state index contributed by atoms with van der Waals surface area (Å²) in [5.41, 5.74) is 10.1. The third-order valence-electron chi connectivity index (χ3n) is 4.04. The molecule has 3 nitrogen and oxygen atoms in total. The van der Waals surface area contributed by atoms with E-state index in [1.807, 2.05) is 19.1 Å². The van der Waals surface area contributed by atoms with Gasteiger partial charge in [-0.25, -0.2) is 4.98 Å². The fraction of sp³-hybridized carbons (Fsp3) is 0.294. The second-order valence-corrected chi connectivity index (χ2v) is 5.52. The van der Waals surface area contributed by atoms with Crippen LogP contribution in [-0.4, -0.2) is 10.8 Å². The number of aryl methyl sites for hydroxylation is 2. The van der Waals surface area contributed by atoms with Gasteiger partial charge < -0.3 is 5.73 Å².